The lowest BCUT2D eigenvalue weighted by atomic mass is 9.97. The lowest BCUT2D eigenvalue weighted by Crippen LogP contribution is -2.43. The molecule has 1 saturated heterocycles. The minimum atomic E-state index is -0.340. The van der Waals surface area contributed by atoms with E-state index < -0.39 is 0 Å². The van der Waals surface area contributed by atoms with Crippen molar-refractivity contribution in [2.24, 2.45) is 17.4 Å². The number of aromatic nitrogens is 1. The maximum Gasteiger partial charge on any atom is 0.237 e. The molecule has 27 heavy (non-hydrogen) atoms. The molecule has 5 N–H and O–H groups in total. The van der Waals surface area contributed by atoms with E-state index in [9.17, 15) is 9.59 Å². The van der Waals surface area contributed by atoms with Crippen molar-refractivity contribution in [2.75, 3.05) is 26.2 Å². The molecule has 0 saturated carbocycles. The topological polar surface area (TPSA) is 106 Å². The first-order valence-electron chi connectivity index (χ1n) is 9.54. The van der Waals surface area contributed by atoms with Gasteiger partial charge in [0, 0.05) is 42.8 Å². The van der Waals surface area contributed by atoms with Gasteiger partial charge in [0.1, 0.15) is 6.54 Å². The first kappa shape index (κ1) is 19.4. The van der Waals surface area contributed by atoms with E-state index in [1.807, 2.05) is 29.7 Å². The maximum absolute atomic E-state index is 11.4. The number of piperidine rings is 1. The molecule has 2 heterocycles. The van der Waals surface area contributed by atoms with E-state index in [0.29, 0.717) is 0 Å². The number of hydrogen-bond acceptors (Lipinski definition) is 4. The van der Waals surface area contributed by atoms with Crippen LogP contribution in [-0.2, 0) is 22.7 Å². The predicted octanol–water partition coefficient (Wildman–Crippen LogP) is 0.722. The molecule has 1 aliphatic heterocycles. The van der Waals surface area contributed by atoms with Gasteiger partial charge in [-0.1, -0.05) is 18.2 Å². The van der Waals surface area contributed by atoms with E-state index in [1.165, 1.54) is 5.56 Å². The Morgan fingerprint density at radius 1 is 1.26 bits per heavy atom. The number of nitrogens with two attached hydrogens (primary N) is 2. The summed E-state index contributed by atoms with van der Waals surface area (Å²) in [5, 5.41) is 4.65. The highest BCUT2D eigenvalue weighted by atomic mass is 16.1. The molecule has 1 aliphatic rings. The molecule has 7 heteroatoms. The van der Waals surface area contributed by atoms with Gasteiger partial charge in [-0.05, 0) is 37.9 Å². The van der Waals surface area contributed by atoms with Crippen LogP contribution in [0.15, 0.2) is 24.3 Å². The van der Waals surface area contributed by atoms with Crippen molar-refractivity contribution in [2.45, 2.75) is 32.9 Å². The molecule has 0 spiro atoms. The van der Waals surface area contributed by atoms with Gasteiger partial charge in [-0.3, -0.25) is 9.59 Å². The Balaban J connectivity index is 1.61. The van der Waals surface area contributed by atoms with E-state index >= 15 is 0 Å². The van der Waals surface area contributed by atoms with Crippen LogP contribution in [-0.4, -0.2) is 47.5 Å². The summed E-state index contributed by atoms with van der Waals surface area (Å²) in [5.74, 6) is -0.550. The fourth-order valence-corrected chi connectivity index (χ4v) is 4.03. The Morgan fingerprint density at radius 3 is 2.78 bits per heavy atom. The zero-order chi connectivity index (χ0) is 19.4. The van der Waals surface area contributed by atoms with Crippen LogP contribution in [0.5, 0.6) is 0 Å². The van der Waals surface area contributed by atoms with Crippen LogP contribution < -0.4 is 16.8 Å². The average Bonchev–Trinajstić information content (AvgIpc) is 2.90. The van der Waals surface area contributed by atoms with Gasteiger partial charge in [0.15, 0.2) is 0 Å². The number of amides is 2. The number of carbonyl (C=O) groups excluding carboxylic acids is 2. The van der Waals surface area contributed by atoms with Gasteiger partial charge in [-0.2, -0.15) is 0 Å². The molecule has 0 aliphatic carbocycles. The van der Waals surface area contributed by atoms with Crippen LogP contribution >= 0.6 is 0 Å². The highest BCUT2D eigenvalue weighted by Crippen LogP contribution is 2.25. The van der Waals surface area contributed by atoms with E-state index in [2.05, 4.69) is 16.3 Å². The largest absolute Gasteiger partial charge is 0.369 e. The Kier molecular flexibility index (Phi) is 6.13. The Labute approximate surface area is 159 Å². The summed E-state index contributed by atoms with van der Waals surface area (Å²) in [4.78, 5) is 25.1. The van der Waals surface area contributed by atoms with Gasteiger partial charge in [0.25, 0.3) is 0 Å². The van der Waals surface area contributed by atoms with Crippen molar-refractivity contribution in [3.8, 4) is 0 Å². The summed E-state index contributed by atoms with van der Waals surface area (Å²) in [7, 11) is 0. The van der Waals surface area contributed by atoms with Crippen molar-refractivity contribution < 1.29 is 9.59 Å². The molecular weight excluding hydrogens is 342 g/mol. The number of likely N-dealkylation sites (tertiary alicyclic amines) is 1. The number of nitrogens with one attached hydrogen (secondary N) is 1. The number of primary amides is 2. The van der Waals surface area contributed by atoms with Crippen LogP contribution in [0.1, 0.15) is 24.1 Å². The quantitative estimate of drug-likeness (QED) is 0.595. The van der Waals surface area contributed by atoms with Crippen LogP contribution in [0.4, 0.5) is 0 Å². The lowest BCUT2D eigenvalue weighted by molar-refractivity contribution is -0.123. The first-order valence-corrected chi connectivity index (χ1v) is 9.54. The van der Waals surface area contributed by atoms with Crippen molar-refractivity contribution in [3.05, 3.63) is 35.5 Å². The third-order valence-corrected chi connectivity index (χ3v) is 5.49. The summed E-state index contributed by atoms with van der Waals surface area (Å²) < 4.78 is 1.98. The van der Waals surface area contributed by atoms with Gasteiger partial charge in [-0.15, -0.1) is 0 Å². The number of fused-ring (bicyclic) bond motifs is 1. The van der Waals surface area contributed by atoms with Crippen LogP contribution in [0, 0.1) is 12.8 Å². The monoisotopic (exact) mass is 371 g/mol. The third-order valence-electron chi connectivity index (χ3n) is 5.49. The maximum atomic E-state index is 11.4. The average molecular weight is 371 g/mol. The fourth-order valence-electron chi connectivity index (χ4n) is 4.03. The molecule has 3 rings (SSSR count). The first-order chi connectivity index (χ1) is 13.0. The molecule has 0 unspecified atom stereocenters. The third kappa shape index (κ3) is 4.48. The molecule has 7 nitrogen and oxygen atoms in total. The van der Waals surface area contributed by atoms with Crippen molar-refractivity contribution >= 4 is 22.7 Å². The smallest absolute Gasteiger partial charge is 0.237 e. The van der Waals surface area contributed by atoms with E-state index in [4.69, 9.17) is 11.5 Å². The lowest BCUT2D eigenvalue weighted by Gasteiger charge is -2.31. The van der Waals surface area contributed by atoms with Crippen molar-refractivity contribution in [3.63, 3.8) is 0 Å². The Morgan fingerprint density at radius 2 is 2.04 bits per heavy atom. The SMILES string of the molecule is Cc1c(CNCCN2CCC[C@@H](C(N)=O)C2)c2ccccc2n1CC(N)=O. The van der Waals surface area contributed by atoms with Gasteiger partial charge < -0.3 is 26.3 Å². The van der Waals surface area contributed by atoms with Crippen LogP contribution in [0.2, 0.25) is 0 Å². The Hall–Kier alpha value is -2.38. The molecule has 1 fully saturated rings. The van der Waals surface area contributed by atoms with Gasteiger partial charge in [-0.25, -0.2) is 0 Å². The summed E-state index contributed by atoms with van der Waals surface area (Å²) in [6.45, 7) is 6.45. The van der Waals surface area contributed by atoms with E-state index in [0.717, 1.165) is 62.2 Å². The minimum Gasteiger partial charge on any atom is -0.369 e. The number of benzene rings is 1. The normalized spacial score (nSPS) is 18.0. The molecule has 2 amide bonds. The van der Waals surface area contributed by atoms with Crippen LogP contribution in [0.3, 0.4) is 0 Å². The molecule has 0 bridgehead atoms. The fraction of sp³-hybridized carbons (Fsp3) is 0.500. The minimum absolute atomic E-state index is 0.0206. The van der Waals surface area contributed by atoms with Gasteiger partial charge in [0.2, 0.25) is 11.8 Å². The number of nitrogens with zero attached hydrogens (tertiary/aromatic N) is 2. The second-order valence-corrected chi connectivity index (χ2v) is 7.35. The number of para-hydroxylation sites is 1. The number of hydrogen-bond donors (Lipinski definition) is 3. The van der Waals surface area contributed by atoms with E-state index in [-0.39, 0.29) is 24.3 Å². The predicted molar refractivity (Wildman–Crippen MR) is 106 cm³/mol. The molecule has 1 aromatic heterocycles. The summed E-state index contributed by atoms with van der Waals surface area (Å²) in [6.07, 6.45) is 1.92. The standard InChI is InChI=1S/C20H29N5O2/c1-14-17(16-6-2-3-7-18(16)25(14)13-19(21)26)11-23-8-10-24-9-4-5-15(12-24)20(22)27/h2-3,6-7,15,23H,4-5,8-13H2,1H3,(H2,21,26)(H2,22,27)/t15-/m1/s1. The molecule has 1 aromatic carbocycles. The number of carbonyl (C=O) groups is 2. The van der Waals surface area contributed by atoms with Crippen molar-refractivity contribution in [1.29, 1.82) is 0 Å². The summed E-state index contributed by atoms with van der Waals surface area (Å²) >= 11 is 0. The molecule has 1 atom stereocenters. The molecule has 146 valence electrons. The van der Waals surface area contributed by atoms with Gasteiger partial charge in [0.05, 0.1) is 5.92 Å². The molecule has 0 radical (unpaired) electrons. The molecule has 2 aromatic rings. The zero-order valence-electron chi connectivity index (χ0n) is 15.9. The summed E-state index contributed by atoms with van der Waals surface area (Å²) in [6, 6.07) is 8.09. The summed E-state index contributed by atoms with van der Waals surface area (Å²) in [5.41, 5.74) is 14.2. The van der Waals surface area contributed by atoms with E-state index in [1.54, 1.807) is 0 Å². The highest BCUT2D eigenvalue weighted by molar-refractivity contribution is 5.87. The molecular formula is C20H29N5O2. The second-order valence-electron chi connectivity index (χ2n) is 7.35. The van der Waals surface area contributed by atoms with Crippen LogP contribution in [0.25, 0.3) is 10.9 Å². The van der Waals surface area contributed by atoms with Gasteiger partial charge >= 0.3 is 0 Å². The zero-order valence-corrected chi connectivity index (χ0v) is 15.9. The van der Waals surface area contributed by atoms with Crippen molar-refractivity contribution in [1.82, 2.24) is 14.8 Å². The highest BCUT2D eigenvalue weighted by Gasteiger charge is 2.23. The Bertz CT molecular complexity index is 829. The second kappa shape index (κ2) is 8.54. The number of rotatable bonds is 8.